The summed E-state index contributed by atoms with van der Waals surface area (Å²) in [5.41, 5.74) is 0.751. The predicted molar refractivity (Wildman–Crippen MR) is 106 cm³/mol. The SMILES string of the molecule is O=C(CSc1nnc(-c2sc3ccccc3c2Cl)o1)Nc1ccccc1. The second kappa shape index (κ2) is 7.49. The second-order valence-corrected chi connectivity index (χ2v) is 7.67. The standard InChI is InChI=1S/C18H12ClN3O2S2/c19-15-12-8-4-5-9-13(12)26-16(15)17-21-22-18(24-17)25-10-14(23)20-11-6-2-1-3-7-11/h1-9H,10H2,(H,20,23). The molecule has 0 aliphatic heterocycles. The maximum Gasteiger partial charge on any atom is 0.277 e. The number of anilines is 1. The number of hydrogen-bond acceptors (Lipinski definition) is 6. The highest BCUT2D eigenvalue weighted by atomic mass is 35.5. The summed E-state index contributed by atoms with van der Waals surface area (Å²) in [5.74, 6) is 0.402. The third-order valence-corrected chi connectivity index (χ3v) is 6.00. The molecular formula is C18H12ClN3O2S2. The smallest absolute Gasteiger partial charge is 0.277 e. The first-order valence-electron chi connectivity index (χ1n) is 7.69. The van der Waals surface area contributed by atoms with E-state index < -0.39 is 0 Å². The van der Waals surface area contributed by atoms with Gasteiger partial charge in [0.2, 0.25) is 5.91 Å². The summed E-state index contributed by atoms with van der Waals surface area (Å²) >= 11 is 9.12. The van der Waals surface area contributed by atoms with Crippen molar-refractivity contribution in [2.24, 2.45) is 0 Å². The van der Waals surface area contributed by atoms with Crippen LogP contribution in [0.25, 0.3) is 20.9 Å². The van der Waals surface area contributed by atoms with Crippen LogP contribution in [0.2, 0.25) is 5.02 Å². The molecule has 2 aromatic carbocycles. The number of halogens is 1. The summed E-state index contributed by atoms with van der Waals surface area (Å²) in [5, 5.41) is 12.8. The average molecular weight is 402 g/mol. The van der Waals surface area contributed by atoms with Crippen LogP contribution in [0.3, 0.4) is 0 Å². The molecule has 8 heteroatoms. The molecule has 5 nitrogen and oxygen atoms in total. The van der Waals surface area contributed by atoms with Crippen molar-refractivity contribution >= 4 is 56.4 Å². The molecule has 1 amide bonds. The minimum Gasteiger partial charge on any atom is -0.410 e. The number of nitrogens with zero attached hydrogens (tertiary/aromatic N) is 2. The fourth-order valence-corrected chi connectivity index (χ4v) is 4.35. The highest BCUT2D eigenvalue weighted by Crippen LogP contribution is 2.41. The lowest BCUT2D eigenvalue weighted by Crippen LogP contribution is -2.13. The van der Waals surface area contributed by atoms with E-state index in [1.54, 1.807) is 0 Å². The van der Waals surface area contributed by atoms with E-state index >= 15 is 0 Å². The number of aromatic nitrogens is 2. The monoisotopic (exact) mass is 401 g/mol. The molecule has 4 aromatic rings. The third kappa shape index (κ3) is 3.60. The van der Waals surface area contributed by atoms with Gasteiger partial charge in [-0.05, 0) is 18.2 Å². The highest BCUT2D eigenvalue weighted by molar-refractivity contribution is 7.99. The molecule has 0 aliphatic rings. The average Bonchev–Trinajstić information content (AvgIpc) is 3.26. The fraction of sp³-hybridized carbons (Fsp3) is 0.0556. The van der Waals surface area contributed by atoms with Gasteiger partial charge in [0.1, 0.15) is 4.88 Å². The van der Waals surface area contributed by atoms with Crippen molar-refractivity contribution in [2.45, 2.75) is 5.22 Å². The summed E-state index contributed by atoms with van der Waals surface area (Å²) in [6.07, 6.45) is 0. The lowest BCUT2D eigenvalue weighted by Gasteiger charge is -2.02. The van der Waals surface area contributed by atoms with Gasteiger partial charge in [-0.2, -0.15) is 0 Å². The van der Waals surface area contributed by atoms with Crippen molar-refractivity contribution in [3.63, 3.8) is 0 Å². The lowest BCUT2D eigenvalue weighted by molar-refractivity contribution is -0.113. The van der Waals surface area contributed by atoms with Crippen LogP contribution in [0.15, 0.2) is 64.2 Å². The van der Waals surface area contributed by atoms with Gasteiger partial charge in [0.05, 0.1) is 10.8 Å². The zero-order chi connectivity index (χ0) is 17.9. The maximum absolute atomic E-state index is 12.0. The van der Waals surface area contributed by atoms with Crippen LogP contribution in [0.5, 0.6) is 0 Å². The van der Waals surface area contributed by atoms with Gasteiger partial charge in [-0.1, -0.05) is 59.8 Å². The zero-order valence-corrected chi connectivity index (χ0v) is 15.7. The van der Waals surface area contributed by atoms with Gasteiger partial charge in [-0.15, -0.1) is 21.5 Å². The topological polar surface area (TPSA) is 68.0 Å². The Kier molecular flexibility index (Phi) is 4.92. The fourth-order valence-electron chi connectivity index (χ4n) is 2.36. The Balaban J connectivity index is 1.44. The Morgan fingerprint density at radius 1 is 1.12 bits per heavy atom. The summed E-state index contributed by atoms with van der Waals surface area (Å²) in [4.78, 5) is 12.7. The second-order valence-electron chi connectivity index (χ2n) is 5.32. The molecule has 4 rings (SSSR count). The lowest BCUT2D eigenvalue weighted by atomic mass is 10.2. The molecule has 0 fully saturated rings. The van der Waals surface area contributed by atoms with E-state index in [1.165, 1.54) is 23.1 Å². The van der Waals surface area contributed by atoms with E-state index in [4.69, 9.17) is 16.0 Å². The number of amides is 1. The van der Waals surface area contributed by atoms with E-state index in [0.717, 1.165) is 20.7 Å². The quantitative estimate of drug-likeness (QED) is 0.457. The van der Waals surface area contributed by atoms with E-state index in [9.17, 15) is 4.79 Å². The molecule has 0 saturated heterocycles. The van der Waals surface area contributed by atoms with Gasteiger partial charge >= 0.3 is 0 Å². The van der Waals surface area contributed by atoms with Crippen LogP contribution in [0, 0.1) is 0 Å². The summed E-state index contributed by atoms with van der Waals surface area (Å²) in [6.45, 7) is 0. The first-order valence-corrected chi connectivity index (χ1v) is 9.87. The minimum absolute atomic E-state index is 0.138. The van der Waals surface area contributed by atoms with Gasteiger partial charge in [-0.3, -0.25) is 4.79 Å². The molecule has 26 heavy (non-hydrogen) atoms. The van der Waals surface area contributed by atoms with Gasteiger partial charge in [-0.25, -0.2) is 0 Å². The zero-order valence-electron chi connectivity index (χ0n) is 13.3. The Bertz CT molecular complexity index is 1060. The number of carbonyl (C=O) groups is 1. The first-order chi connectivity index (χ1) is 12.7. The number of nitrogens with one attached hydrogen (secondary N) is 1. The molecule has 0 spiro atoms. The minimum atomic E-state index is -0.138. The normalized spacial score (nSPS) is 11.0. The van der Waals surface area contributed by atoms with E-state index in [2.05, 4.69) is 15.5 Å². The van der Waals surface area contributed by atoms with E-state index in [1.807, 2.05) is 54.6 Å². The van der Waals surface area contributed by atoms with Gasteiger partial charge in [0, 0.05) is 15.8 Å². The predicted octanol–water partition coefficient (Wildman–Crippen LogP) is 5.34. The highest BCUT2D eigenvalue weighted by Gasteiger charge is 2.18. The number of hydrogen-bond donors (Lipinski definition) is 1. The van der Waals surface area contributed by atoms with E-state index in [0.29, 0.717) is 16.1 Å². The van der Waals surface area contributed by atoms with Crippen LogP contribution in [0.1, 0.15) is 0 Å². The summed E-state index contributed by atoms with van der Waals surface area (Å²) in [7, 11) is 0. The number of para-hydroxylation sites is 1. The van der Waals surface area contributed by atoms with Crippen molar-refractivity contribution in [1.29, 1.82) is 0 Å². The number of thiophene rings is 1. The van der Waals surface area contributed by atoms with Crippen molar-refractivity contribution in [3.8, 4) is 10.8 Å². The molecular weight excluding hydrogens is 390 g/mol. The molecule has 0 atom stereocenters. The number of carbonyl (C=O) groups excluding carboxylic acids is 1. The van der Waals surface area contributed by atoms with Crippen LogP contribution in [0.4, 0.5) is 5.69 Å². The molecule has 0 aliphatic carbocycles. The number of thioether (sulfide) groups is 1. The Morgan fingerprint density at radius 2 is 1.88 bits per heavy atom. The molecule has 0 radical (unpaired) electrons. The van der Waals surface area contributed by atoms with Crippen molar-refractivity contribution in [1.82, 2.24) is 10.2 Å². The molecule has 1 N–H and O–H groups in total. The van der Waals surface area contributed by atoms with Crippen molar-refractivity contribution in [2.75, 3.05) is 11.1 Å². The third-order valence-electron chi connectivity index (χ3n) is 3.52. The maximum atomic E-state index is 12.0. The van der Waals surface area contributed by atoms with Crippen LogP contribution in [-0.4, -0.2) is 21.9 Å². The van der Waals surface area contributed by atoms with Crippen LogP contribution < -0.4 is 5.32 Å². The molecule has 2 heterocycles. The molecule has 2 aromatic heterocycles. The van der Waals surface area contributed by atoms with Gasteiger partial charge in [0.15, 0.2) is 0 Å². The number of benzene rings is 2. The number of rotatable bonds is 5. The number of fused-ring (bicyclic) bond motifs is 1. The van der Waals surface area contributed by atoms with Crippen LogP contribution in [-0.2, 0) is 4.79 Å². The van der Waals surface area contributed by atoms with E-state index in [-0.39, 0.29) is 11.7 Å². The molecule has 130 valence electrons. The Morgan fingerprint density at radius 3 is 2.69 bits per heavy atom. The van der Waals surface area contributed by atoms with Crippen molar-refractivity contribution in [3.05, 3.63) is 59.6 Å². The molecule has 0 saturated carbocycles. The van der Waals surface area contributed by atoms with Gasteiger partial charge in [0.25, 0.3) is 11.1 Å². The van der Waals surface area contributed by atoms with Crippen molar-refractivity contribution < 1.29 is 9.21 Å². The molecule has 0 unspecified atom stereocenters. The largest absolute Gasteiger partial charge is 0.410 e. The first kappa shape index (κ1) is 17.1. The Labute approximate surface area is 162 Å². The van der Waals surface area contributed by atoms with Gasteiger partial charge < -0.3 is 9.73 Å². The Hall–Kier alpha value is -2.35. The van der Waals surface area contributed by atoms with Crippen LogP contribution >= 0.6 is 34.7 Å². The molecule has 0 bridgehead atoms. The summed E-state index contributed by atoms with van der Waals surface area (Å²) in [6, 6.07) is 17.1. The summed E-state index contributed by atoms with van der Waals surface area (Å²) < 4.78 is 6.72.